The first-order chi connectivity index (χ1) is 22.0. The maximum atomic E-state index is 14.3. The summed E-state index contributed by atoms with van der Waals surface area (Å²) in [4.78, 5) is 28.8. The Balaban J connectivity index is 1.60. The molecule has 11 nitrogen and oxygen atoms in total. The van der Waals surface area contributed by atoms with Gasteiger partial charge in [0, 0.05) is 44.4 Å². The van der Waals surface area contributed by atoms with Gasteiger partial charge in [-0.3, -0.25) is 4.79 Å². The number of hydrogen-bond acceptors (Lipinski definition) is 8. The molecule has 4 atom stereocenters. The fraction of sp³-hybridized carbons (Fsp3) is 0.636. The van der Waals surface area contributed by atoms with E-state index in [1.54, 1.807) is 54.6 Å². The molecule has 4 rings (SSSR count). The third-order valence-corrected chi connectivity index (χ3v) is 12.0. The lowest BCUT2D eigenvalue weighted by Crippen LogP contribution is -2.48. The number of benzene rings is 1. The summed E-state index contributed by atoms with van der Waals surface area (Å²) in [5.41, 5.74) is 0.741. The lowest BCUT2D eigenvalue weighted by atomic mass is 9.96. The molecule has 256 valence electrons. The summed E-state index contributed by atoms with van der Waals surface area (Å²) < 4.78 is 40.6. The molecule has 1 aliphatic heterocycles. The van der Waals surface area contributed by atoms with E-state index in [1.165, 1.54) is 22.1 Å². The first-order valence-electron chi connectivity index (χ1n) is 16.4. The number of fused-ring (bicyclic) bond motifs is 1. The van der Waals surface area contributed by atoms with E-state index in [4.69, 9.17) is 9.47 Å². The molecule has 0 saturated heterocycles. The first kappa shape index (κ1) is 36.1. The second kappa shape index (κ2) is 16.9. The van der Waals surface area contributed by atoms with Crippen LogP contribution in [0.3, 0.4) is 0 Å². The first-order valence-corrected chi connectivity index (χ1v) is 18.7. The number of hydrogen-bond donors (Lipinski definition) is 3. The van der Waals surface area contributed by atoms with Crippen LogP contribution in [-0.2, 0) is 14.8 Å². The summed E-state index contributed by atoms with van der Waals surface area (Å²) in [5, 5.41) is 17.9. The molecular formula is C33H50N4O7S2. The number of carbonyl (C=O) groups is 2. The van der Waals surface area contributed by atoms with Gasteiger partial charge in [0.25, 0.3) is 15.9 Å². The largest absolute Gasteiger partial charge is 0.490 e. The highest BCUT2D eigenvalue weighted by Gasteiger charge is 2.32. The molecule has 0 bridgehead atoms. The third-order valence-electron chi connectivity index (χ3n) is 8.85. The van der Waals surface area contributed by atoms with Crippen molar-refractivity contribution in [2.75, 3.05) is 38.7 Å². The van der Waals surface area contributed by atoms with Crippen molar-refractivity contribution >= 4 is 39.0 Å². The molecule has 0 radical (unpaired) electrons. The van der Waals surface area contributed by atoms with Gasteiger partial charge in [0.2, 0.25) is 0 Å². The van der Waals surface area contributed by atoms with Gasteiger partial charge in [-0.1, -0.05) is 32.3 Å². The number of aliphatic hydroxyl groups excluding tert-OH is 1. The summed E-state index contributed by atoms with van der Waals surface area (Å²) in [6.45, 7) is 6.12. The van der Waals surface area contributed by atoms with Gasteiger partial charge in [-0.15, -0.1) is 11.3 Å². The number of sulfonamides is 1. The summed E-state index contributed by atoms with van der Waals surface area (Å²) in [5.74, 6) is -0.236. The van der Waals surface area contributed by atoms with Crippen LogP contribution in [0.15, 0.2) is 39.9 Å². The maximum Gasteiger partial charge on any atom is 0.319 e. The zero-order chi connectivity index (χ0) is 33.3. The highest BCUT2D eigenvalue weighted by molar-refractivity contribution is 7.91. The van der Waals surface area contributed by atoms with Gasteiger partial charge in [0.05, 0.1) is 30.4 Å². The van der Waals surface area contributed by atoms with Crippen LogP contribution >= 0.6 is 11.3 Å². The van der Waals surface area contributed by atoms with E-state index >= 15 is 0 Å². The molecule has 3 amide bonds. The minimum Gasteiger partial charge on any atom is -0.490 e. The summed E-state index contributed by atoms with van der Waals surface area (Å²) in [6.07, 6.45) is 6.90. The molecule has 13 heteroatoms. The van der Waals surface area contributed by atoms with Gasteiger partial charge in [-0.2, -0.15) is 4.31 Å². The van der Waals surface area contributed by atoms with Crippen LogP contribution in [-0.4, -0.2) is 92.3 Å². The second-order valence-electron chi connectivity index (χ2n) is 12.7. The SMILES string of the molecule is C[C@@H]1CN([C@H](C)CO)C(=O)c2cc(NC(=O)NC3CCCCC3)ccc2O[C@@H](C)CCCCO[C@@H]1CN(C)S(=O)(=O)c1cccs1. The number of nitrogens with one attached hydrogen (secondary N) is 2. The number of amides is 3. The molecule has 1 aliphatic carbocycles. The molecule has 0 unspecified atom stereocenters. The molecule has 2 heterocycles. The van der Waals surface area contributed by atoms with E-state index in [0.717, 1.165) is 44.9 Å². The van der Waals surface area contributed by atoms with Crippen molar-refractivity contribution in [1.29, 1.82) is 0 Å². The lowest BCUT2D eigenvalue weighted by Gasteiger charge is -2.35. The van der Waals surface area contributed by atoms with Gasteiger partial charge in [0.1, 0.15) is 9.96 Å². The smallest absolute Gasteiger partial charge is 0.319 e. The zero-order valence-electron chi connectivity index (χ0n) is 27.4. The molecule has 1 saturated carbocycles. The van der Waals surface area contributed by atoms with Crippen molar-refractivity contribution in [2.45, 2.75) is 101 Å². The topological polar surface area (TPSA) is 138 Å². The summed E-state index contributed by atoms with van der Waals surface area (Å²) in [6, 6.07) is 7.64. The van der Waals surface area contributed by atoms with Crippen molar-refractivity contribution in [3.8, 4) is 5.75 Å². The Morgan fingerprint density at radius 2 is 1.87 bits per heavy atom. The van der Waals surface area contributed by atoms with Crippen LogP contribution in [0.5, 0.6) is 5.75 Å². The Kier molecular flexibility index (Phi) is 13.3. The monoisotopic (exact) mass is 678 g/mol. The molecule has 3 N–H and O–H groups in total. The fourth-order valence-corrected chi connectivity index (χ4v) is 8.36. The van der Waals surface area contributed by atoms with Crippen LogP contribution < -0.4 is 15.4 Å². The number of likely N-dealkylation sites (N-methyl/N-ethyl adjacent to an activating group) is 1. The van der Waals surface area contributed by atoms with Crippen molar-refractivity contribution in [3.63, 3.8) is 0 Å². The second-order valence-corrected chi connectivity index (χ2v) is 15.9. The van der Waals surface area contributed by atoms with Crippen molar-refractivity contribution in [3.05, 3.63) is 41.3 Å². The Labute approximate surface area is 277 Å². The van der Waals surface area contributed by atoms with Gasteiger partial charge >= 0.3 is 6.03 Å². The van der Waals surface area contributed by atoms with Crippen molar-refractivity contribution in [2.24, 2.45) is 5.92 Å². The van der Waals surface area contributed by atoms with Gasteiger partial charge in [-0.05, 0) is 75.6 Å². The number of urea groups is 1. The fourth-order valence-electron chi connectivity index (χ4n) is 5.98. The number of rotatable bonds is 8. The lowest BCUT2D eigenvalue weighted by molar-refractivity contribution is -0.00832. The van der Waals surface area contributed by atoms with Gasteiger partial charge in [0.15, 0.2) is 0 Å². The van der Waals surface area contributed by atoms with Crippen molar-refractivity contribution in [1.82, 2.24) is 14.5 Å². The minimum absolute atomic E-state index is 0.108. The third kappa shape index (κ3) is 9.66. The number of nitrogens with zero attached hydrogens (tertiary/aromatic N) is 2. The van der Waals surface area contributed by atoms with E-state index < -0.39 is 22.2 Å². The van der Waals surface area contributed by atoms with E-state index in [0.29, 0.717) is 18.0 Å². The predicted molar refractivity (Wildman–Crippen MR) is 180 cm³/mol. The maximum absolute atomic E-state index is 14.3. The van der Waals surface area contributed by atoms with Crippen LogP contribution in [0.25, 0.3) is 0 Å². The van der Waals surface area contributed by atoms with Crippen LogP contribution in [0.2, 0.25) is 0 Å². The average Bonchev–Trinajstić information content (AvgIpc) is 3.59. The average molecular weight is 679 g/mol. The standard InChI is InChI=1S/C33H50N4O7S2/c1-23-20-37(24(2)22-38)32(39)28-19-27(35-33(40)34-26-12-6-5-7-13-26)15-16-29(28)44-25(3)11-8-9-17-43-30(23)21-36(4)46(41,42)31-14-10-18-45-31/h10,14-16,18-19,23-26,30,38H,5-9,11-13,17,20-22H2,1-4H3,(H2,34,35,40)/t23-,24-,25+,30-/m1/s1. The Morgan fingerprint density at radius 1 is 1.13 bits per heavy atom. The highest BCUT2D eigenvalue weighted by Crippen LogP contribution is 2.29. The number of carbonyl (C=O) groups excluding carboxylic acids is 2. The Hall–Kier alpha value is -2.71. The van der Waals surface area contributed by atoms with Crippen LogP contribution in [0.1, 0.15) is 82.5 Å². The normalized spacial score (nSPS) is 23.2. The Morgan fingerprint density at radius 3 is 2.57 bits per heavy atom. The summed E-state index contributed by atoms with van der Waals surface area (Å²) in [7, 11) is -2.16. The highest BCUT2D eigenvalue weighted by atomic mass is 32.2. The van der Waals surface area contributed by atoms with Crippen LogP contribution in [0, 0.1) is 5.92 Å². The summed E-state index contributed by atoms with van der Waals surface area (Å²) >= 11 is 1.17. The zero-order valence-corrected chi connectivity index (χ0v) is 29.1. The van der Waals surface area contributed by atoms with Gasteiger partial charge < -0.3 is 30.1 Å². The molecule has 46 heavy (non-hydrogen) atoms. The molecule has 1 fully saturated rings. The number of aliphatic hydroxyl groups is 1. The van der Waals surface area contributed by atoms with Gasteiger partial charge in [-0.25, -0.2) is 13.2 Å². The molecule has 1 aromatic heterocycles. The van der Waals surface area contributed by atoms with E-state index in [-0.39, 0.29) is 59.5 Å². The molecule has 2 aromatic rings. The Bertz CT molecular complexity index is 1380. The minimum atomic E-state index is -3.70. The number of thiophene rings is 1. The van der Waals surface area contributed by atoms with E-state index in [1.807, 2.05) is 13.8 Å². The molecule has 2 aliphatic rings. The number of ether oxygens (including phenoxy) is 2. The quantitative estimate of drug-likeness (QED) is 0.344. The molecule has 0 spiro atoms. The predicted octanol–water partition coefficient (Wildman–Crippen LogP) is 5.32. The molecule has 1 aromatic carbocycles. The number of anilines is 1. The van der Waals surface area contributed by atoms with Crippen molar-refractivity contribution < 1.29 is 32.6 Å². The van der Waals surface area contributed by atoms with E-state index in [2.05, 4.69) is 10.6 Å². The van der Waals surface area contributed by atoms with Crippen LogP contribution in [0.4, 0.5) is 10.5 Å². The van der Waals surface area contributed by atoms with E-state index in [9.17, 15) is 23.1 Å². The molecular weight excluding hydrogens is 629 g/mol.